The fourth-order valence-electron chi connectivity index (χ4n) is 4.10. The summed E-state index contributed by atoms with van der Waals surface area (Å²) in [5.74, 6) is 0.613. The Kier molecular flexibility index (Phi) is 4.53. The van der Waals surface area contributed by atoms with Crippen molar-refractivity contribution >= 4 is 27.8 Å². The fraction of sp³-hybridized carbons (Fsp3) is 0.450. The molecule has 1 aliphatic rings. The lowest BCUT2D eigenvalue weighted by Gasteiger charge is -2.26. The molecule has 0 bridgehead atoms. The molecule has 0 saturated heterocycles. The summed E-state index contributed by atoms with van der Waals surface area (Å²) in [6.45, 7) is 6.14. The first-order chi connectivity index (χ1) is 12.6. The molecule has 0 aromatic carbocycles. The molecule has 0 aliphatic heterocycles. The molecule has 4 rings (SSSR count). The third-order valence-corrected chi connectivity index (χ3v) is 6.22. The van der Waals surface area contributed by atoms with Crippen molar-refractivity contribution in [2.75, 3.05) is 0 Å². The number of aryl methyl sites for hydroxylation is 2. The van der Waals surface area contributed by atoms with E-state index < -0.39 is 0 Å². The van der Waals surface area contributed by atoms with Crippen molar-refractivity contribution in [1.82, 2.24) is 14.2 Å². The number of aromatic nitrogens is 3. The SMILES string of the molecule is Cc1cc(/C=N\n2c(C)nc3sccc3c2=O)c(C)n1C1CCCCC1. The molecule has 3 aromatic rings. The van der Waals surface area contributed by atoms with Gasteiger partial charge in [-0.1, -0.05) is 19.3 Å². The number of thiophene rings is 1. The van der Waals surface area contributed by atoms with Gasteiger partial charge in [-0.15, -0.1) is 11.3 Å². The maximum Gasteiger partial charge on any atom is 0.282 e. The smallest absolute Gasteiger partial charge is 0.282 e. The molecule has 1 aliphatic carbocycles. The summed E-state index contributed by atoms with van der Waals surface area (Å²) >= 11 is 1.48. The van der Waals surface area contributed by atoms with E-state index in [0.29, 0.717) is 17.3 Å². The Morgan fingerprint density at radius 1 is 1.23 bits per heavy atom. The van der Waals surface area contributed by atoms with Crippen LogP contribution in [0.1, 0.15) is 60.9 Å². The molecule has 0 spiro atoms. The Bertz CT molecular complexity index is 1030. The summed E-state index contributed by atoms with van der Waals surface area (Å²) in [4.78, 5) is 17.9. The molecule has 1 saturated carbocycles. The van der Waals surface area contributed by atoms with E-state index in [1.54, 1.807) is 6.21 Å². The van der Waals surface area contributed by atoms with Gasteiger partial charge < -0.3 is 4.57 Å². The molecule has 0 N–H and O–H groups in total. The molecule has 6 heteroatoms. The van der Waals surface area contributed by atoms with Gasteiger partial charge in [-0.3, -0.25) is 4.79 Å². The van der Waals surface area contributed by atoms with Crippen LogP contribution in [0.2, 0.25) is 0 Å². The van der Waals surface area contributed by atoms with E-state index in [9.17, 15) is 4.79 Å². The van der Waals surface area contributed by atoms with Gasteiger partial charge in [0.15, 0.2) is 0 Å². The molecule has 1 fully saturated rings. The summed E-state index contributed by atoms with van der Waals surface area (Å²) in [5, 5.41) is 7.00. The molecule has 136 valence electrons. The minimum atomic E-state index is -0.105. The largest absolute Gasteiger partial charge is 0.345 e. The predicted octanol–water partition coefficient (Wildman–Crippen LogP) is 4.57. The molecule has 5 nitrogen and oxygen atoms in total. The van der Waals surface area contributed by atoms with Crippen LogP contribution in [0, 0.1) is 20.8 Å². The fourth-order valence-corrected chi connectivity index (χ4v) is 4.90. The second-order valence-corrected chi connectivity index (χ2v) is 8.04. The van der Waals surface area contributed by atoms with E-state index >= 15 is 0 Å². The van der Waals surface area contributed by atoms with Crippen LogP contribution in [0.3, 0.4) is 0 Å². The van der Waals surface area contributed by atoms with Crippen LogP contribution in [0.4, 0.5) is 0 Å². The van der Waals surface area contributed by atoms with E-state index in [1.807, 2.05) is 18.4 Å². The lowest BCUT2D eigenvalue weighted by molar-refractivity contribution is 0.346. The quantitative estimate of drug-likeness (QED) is 0.636. The van der Waals surface area contributed by atoms with Crippen molar-refractivity contribution in [1.29, 1.82) is 0 Å². The molecule has 0 atom stereocenters. The van der Waals surface area contributed by atoms with E-state index in [4.69, 9.17) is 0 Å². The van der Waals surface area contributed by atoms with Crippen LogP contribution < -0.4 is 5.56 Å². The molecular formula is C20H24N4OS. The predicted molar refractivity (Wildman–Crippen MR) is 108 cm³/mol. The van der Waals surface area contributed by atoms with E-state index in [1.165, 1.54) is 59.5 Å². The highest BCUT2D eigenvalue weighted by Gasteiger charge is 2.19. The summed E-state index contributed by atoms with van der Waals surface area (Å²) in [6.07, 6.45) is 8.28. The second kappa shape index (κ2) is 6.83. The van der Waals surface area contributed by atoms with Crippen LogP contribution in [-0.4, -0.2) is 20.4 Å². The lowest BCUT2D eigenvalue weighted by atomic mass is 9.95. The highest BCUT2D eigenvalue weighted by atomic mass is 32.1. The van der Waals surface area contributed by atoms with Gasteiger partial charge in [0, 0.05) is 23.0 Å². The number of rotatable bonds is 3. The van der Waals surface area contributed by atoms with Gasteiger partial charge in [-0.05, 0) is 51.1 Å². The maximum atomic E-state index is 12.6. The summed E-state index contributed by atoms with van der Waals surface area (Å²) < 4.78 is 3.86. The van der Waals surface area contributed by atoms with Gasteiger partial charge in [0.2, 0.25) is 0 Å². The minimum absolute atomic E-state index is 0.105. The first kappa shape index (κ1) is 17.2. The molecule has 3 heterocycles. The highest BCUT2D eigenvalue weighted by molar-refractivity contribution is 7.16. The van der Waals surface area contributed by atoms with E-state index in [2.05, 4.69) is 34.6 Å². The average molecular weight is 369 g/mol. The van der Waals surface area contributed by atoms with Crippen LogP contribution in [0.15, 0.2) is 27.4 Å². The van der Waals surface area contributed by atoms with E-state index in [-0.39, 0.29) is 5.56 Å². The Labute approximate surface area is 157 Å². The Hall–Kier alpha value is -2.21. The first-order valence-corrected chi connectivity index (χ1v) is 10.1. The zero-order chi connectivity index (χ0) is 18.3. The van der Waals surface area contributed by atoms with Gasteiger partial charge in [0.05, 0.1) is 11.6 Å². The number of nitrogens with zero attached hydrogens (tertiary/aromatic N) is 4. The zero-order valence-corrected chi connectivity index (χ0v) is 16.3. The molecule has 26 heavy (non-hydrogen) atoms. The summed E-state index contributed by atoms with van der Waals surface area (Å²) in [6, 6.07) is 4.58. The van der Waals surface area contributed by atoms with Gasteiger partial charge in [-0.2, -0.15) is 9.78 Å². The molecule has 0 amide bonds. The third-order valence-electron chi connectivity index (χ3n) is 5.41. The maximum absolute atomic E-state index is 12.6. The van der Waals surface area contributed by atoms with Crippen LogP contribution >= 0.6 is 11.3 Å². The molecular weight excluding hydrogens is 344 g/mol. The second-order valence-electron chi connectivity index (χ2n) is 7.15. The van der Waals surface area contributed by atoms with Crippen molar-refractivity contribution in [3.63, 3.8) is 0 Å². The molecule has 0 radical (unpaired) electrons. The van der Waals surface area contributed by atoms with Crippen molar-refractivity contribution in [3.05, 3.63) is 50.6 Å². The zero-order valence-electron chi connectivity index (χ0n) is 15.5. The Balaban J connectivity index is 1.71. The van der Waals surface area contributed by atoms with Crippen molar-refractivity contribution < 1.29 is 0 Å². The van der Waals surface area contributed by atoms with Crippen LogP contribution in [0.25, 0.3) is 10.2 Å². The number of hydrogen-bond donors (Lipinski definition) is 0. The van der Waals surface area contributed by atoms with Gasteiger partial charge in [-0.25, -0.2) is 4.98 Å². The summed E-state index contributed by atoms with van der Waals surface area (Å²) in [7, 11) is 0. The lowest BCUT2D eigenvalue weighted by Crippen LogP contribution is -2.20. The van der Waals surface area contributed by atoms with Gasteiger partial charge >= 0.3 is 0 Å². The van der Waals surface area contributed by atoms with Crippen LogP contribution in [0.5, 0.6) is 0 Å². The van der Waals surface area contributed by atoms with Crippen molar-refractivity contribution in [2.24, 2.45) is 5.10 Å². The third kappa shape index (κ3) is 2.92. The first-order valence-electron chi connectivity index (χ1n) is 9.26. The normalized spacial score (nSPS) is 16.1. The topological polar surface area (TPSA) is 52.2 Å². The number of fused-ring (bicyclic) bond motifs is 1. The van der Waals surface area contributed by atoms with Crippen LogP contribution in [-0.2, 0) is 0 Å². The average Bonchev–Trinajstić information content (AvgIpc) is 3.20. The van der Waals surface area contributed by atoms with Crippen molar-refractivity contribution in [3.8, 4) is 0 Å². The number of hydrogen-bond acceptors (Lipinski definition) is 4. The standard InChI is InChI=1S/C20H24N4OS/c1-13-11-16(14(2)23(13)17-7-5-4-6-8-17)12-21-24-15(3)22-19-18(20(24)25)9-10-26-19/h9-12,17H,4-8H2,1-3H3/b21-12-. The van der Waals surface area contributed by atoms with Gasteiger partial charge in [0.25, 0.3) is 5.56 Å². The Morgan fingerprint density at radius 3 is 2.77 bits per heavy atom. The summed E-state index contributed by atoms with van der Waals surface area (Å²) in [5.41, 5.74) is 3.47. The molecule has 0 unspecified atom stereocenters. The minimum Gasteiger partial charge on any atom is -0.345 e. The Morgan fingerprint density at radius 2 is 2.00 bits per heavy atom. The molecule has 3 aromatic heterocycles. The van der Waals surface area contributed by atoms with Gasteiger partial charge in [0.1, 0.15) is 10.7 Å². The van der Waals surface area contributed by atoms with Crippen molar-refractivity contribution in [2.45, 2.75) is 58.9 Å². The van der Waals surface area contributed by atoms with E-state index in [0.717, 1.165) is 10.4 Å². The highest BCUT2D eigenvalue weighted by Crippen LogP contribution is 2.31. The monoisotopic (exact) mass is 368 g/mol.